The molecule has 0 aliphatic carbocycles. The van der Waals surface area contributed by atoms with E-state index in [0.29, 0.717) is 18.7 Å². The zero-order chi connectivity index (χ0) is 15.1. The highest BCUT2D eigenvalue weighted by Crippen LogP contribution is 2.16. The van der Waals surface area contributed by atoms with Gasteiger partial charge in [-0.1, -0.05) is 23.7 Å². The first-order valence-corrected chi connectivity index (χ1v) is 8.39. The second-order valence-electron chi connectivity index (χ2n) is 6.11. The zero-order valence-corrected chi connectivity index (χ0v) is 13.6. The summed E-state index contributed by atoms with van der Waals surface area (Å²) in [5, 5.41) is 13.4. The first kappa shape index (κ1) is 16.8. The standard InChI is InChI=1S/C17H27ClN2O/c1-14(3-2-12-21)19-17-8-10-20(11-9-17)13-15-4-6-16(18)7-5-15/h4-7,14,17,19,21H,2-3,8-13H2,1H3. The number of aliphatic hydroxyl groups excluding tert-OH is 1. The Balaban J connectivity index is 1.69. The molecule has 1 unspecified atom stereocenters. The highest BCUT2D eigenvalue weighted by atomic mass is 35.5. The normalized spacial score (nSPS) is 18.8. The molecule has 2 N–H and O–H groups in total. The summed E-state index contributed by atoms with van der Waals surface area (Å²) >= 11 is 5.92. The first-order chi connectivity index (χ1) is 10.2. The molecule has 21 heavy (non-hydrogen) atoms. The summed E-state index contributed by atoms with van der Waals surface area (Å²) in [6.45, 7) is 5.82. The van der Waals surface area contributed by atoms with Crippen LogP contribution >= 0.6 is 11.6 Å². The third-order valence-corrected chi connectivity index (χ3v) is 4.47. The van der Waals surface area contributed by atoms with Gasteiger partial charge in [-0.3, -0.25) is 4.90 Å². The fourth-order valence-electron chi connectivity index (χ4n) is 2.99. The molecule has 0 radical (unpaired) electrons. The monoisotopic (exact) mass is 310 g/mol. The van der Waals surface area contributed by atoms with E-state index >= 15 is 0 Å². The predicted molar refractivity (Wildman–Crippen MR) is 88.7 cm³/mol. The molecule has 1 aliphatic rings. The van der Waals surface area contributed by atoms with E-state index in [1.54, 1.807) is 0 Å². The van der Waals surface area contributed by atoms with Gasteiger partial charge < -0.3 is 10.4 Å². The molecule has 2 rings (SSSR count). The lowest BCUT2D eigenvalue weighted by atomic mass is 10.0. The van der Waals surface area contributed by atoms with Gasteiger partial charge in [0.2, 0.25) is 0 Å². The van der Waals surface area contributed by atoms with E-state index in [0.717, 1.165) is 37.5 Å². The van der Waals surface area contributed by atoms with Crippen LogP contribution in [-0.2, 0) is 6.54 Å². The molecule has 0 saturated carbocycles. The number of nitrogens with one attached hydrogen (secondary N) is 1. The lowest BCUT2D eigenvalue weighted by Gasteiger charge is -2.34. The lowest BCUT2D eigenvalue weighted by molar-refractivity contribution is 0.182. The van der Waals surface area contributed by atoms with Crippen molar-refractivity contribution < 1.29 is 5.11 Å². The smallest absolute Gasteiger partial charge is 0.0431 e. The van der Waals surface area contributed by atoms with Gasteiger partial charge in [-0.2, -0.15) is 0 Å². The maximum absolute atomic E-state index is 8.87. The van der Waals surface area contributed by atoms with Crippen LogP contribution in [0.15, 0.2) is 24.3 Å². The van der Waals surface area contributed by atoms with Crippen molar-refractivity contribution in [2.75, 3.05) is 19.7 Å². The van der Waals surface area contributed by atoms with Crippen molar-refractivity contribution in [3.63, 3.8) is 0 Å². The van der Waals surface area contributed by atoms with E-state index in [-0.39, 0.29) is 0 Å². The van der Waals surface area contributed by atoms with E-state index < -0.39 is 0 Å². The van der Waals surface area contributed by atoms with Gasteiger partial charge in [0.15, 0.2) is 0 Å². The molecule has 1 aromatic rings. The second kappa shape index (κ2) is 8.74. The quantitative estimate of drug-likeness (QED) is 0.812. The molecular weight excluding hydrogens is 284 g/mol. The predicted octanol–water partition coefficient (Wildman–Crippen LogP) is 3.06. The van der Waals surface area contributed by atoms with Crippen molar-refractivity contribution in [3.8, 4) is 0 Å². The van der Waals surface area contributed by atoms with Crippen molar-refractivity contribution in [2.24, 2.45) is 0 Å². The minimum atomic E-state index is 0.297. The van der Waals surface area contributed by atoms with Crippen LogP contribution in [0.3, 0.4) is 0 Å². The van der Waals surface area contributed by atoms with Gasteiger partial charge in [0.25, 0.3) is 0 Å². The van der Waals surface area contributed by atoms with Gasteiger partial charge >= 0.3 is 0 Å². The summed E-state index contributed by atoms with van der Waals surface area (Å²) < 4.78 is 0. The van der Waals surface area contributed by atoms with E-state index in [2.05, 4.69) is 29.3 Å². The van der Waals surface area contributed by atoms with Crippen LogP contribution in [-0.4, -0.2) is 41.8 Å². The Kier molecular flexibility index (Phi) is 6.97. The van der Waals surface area contributed by atoms with Gasteiger partial charge in [0, 0.05) is 30.3 Å². The molecule has 0 spiro atoms. The highest BCUT2D eigenvalue weighted by Gasteiger charge is 2.20. The molecule has 1 fully saturated rings. The van der Waals surface area contributed by atoms with Gasteiger partial charge in [-0.05, 0) is 63.4 Å². The molecule has 1 heterocycles. The number of hydrogen-bond acceptors (Lipinski definition) is 3. The zero-order valence-electron chi connectivity index (χ0n) is 12.9. The van der Waals surface area contributed by atoms with Crippen LogP contribution in [0.5, 0.6) is 0 Å². The van der Waals surface area contributed by atoms with Crippen LogP contribution in [0.2, 0.25) is 5.02 Å². The SMILES string of the molecule is CC(CCCO)NC1CCN(Cc2ccc(Cl)cc2)CC1. The Morgan fingerprint density at radius 3 is 2.57 bits per heavy atom. The Morgan fingerprint density at radius 2 is 1.95 bits per heavy atom. The number of hydrogen-bond donors (Lipinski definition) is 2. The first-order valence-electron chi connectivity index (χ1n) is 8.01. The summed E-state index contributed by atoms with van der Waals surface area (Å²) in [5.41, 5.74) is 1.34. The van der Waals surface area contributed by atoms with Gasteiger partial charge in [-0.25, -0.2) is 0 Å². The molecule has 1 aromatic carbocycles. The van der Waals surface area contributed by atoms with E-state index in [9.17, 15) is 0 Å². The van der Waals surface area contributed by atoms with E-state index in [1.165, 1.54) is 18.4 Å². The fraction of sp³-hybridized carbons (Fsp3) is 0.647. The maximum Gasteiger partial charge on any atom is 0.0431 e. The molecule has 1 saturated heterocycles. The van der Waals surface area contributed by atoms with Gasteiger partial charge in [0.1, 0.15) is 0 Å². The Bertz CT molecular complexity index is 402. The van der Waals surface area contributed by atoms with Crippen LogP contribution < -0.4 is 5.32 Å². The van der Waals surface area contributed by atoms with Crippen molar-refractivity contribution in [3.05, 3.63) is 34.9 Å². The van der Waals surface area contributed by atoms with Crippen LogP contribution in [0.1, 0.15) is 38.2 Å². The van der Waals surface area contributed by atoms with Gasteiger partial charge in [0.05, 0.1) is 0 Å². The Morgan fingerprint density at radius 1 is 1.29 bits per heavy atom. The number of piperidine rings is 1. The summed E-state index contributed by atoms with van der Waals surface area (Å²) in [4.78, 5) is 2.51. The fourth-order valence-corrected chi connectivity index (χ4v) is 3.11. The second-order valence-corrected chi connectivity index (χ2v) is 6.55. The number of halogens is 1. The average molecular weight is 311 g/mol. The number of aliphatic hydroxyl groups is 1. The molecule has 1 atom stereocenters. The van der Waals surface area contributed by atoms with Crippen LogP contribution in [0, 0.1) is 0 Å². The molecule has 3 nitrogen and oxygen atoms in total. The van der Waals surface area contributed by atoms with E-state index in [1.807, 2.05) is 12.1 Å². The highest BCUT2D eigenvalue weighted by molar-refractivity contribution is 6.30. The van der Waals surface area contributed by atoms with E-state index in [4.69, 9.17) is 16.7 Å². The summed E-state index contributed by atoms with van der Waals surface area (Å²) in [6.07, 6.45) is 4.36. The minimum absolute atomic E-state index is 0.297. The number of rotatable bonds is 7. The molecule has 0 amide bonds. The van der Waals surface area contributed by atoms with Gasteiger partial charge in [-0.15, -0.1) is 0 Å². The maximum atomic E-state index is 8.87. The van der Waals surface area contributed by atoms with Crippen molar-refractivity contribution in [1.29, 1.82) is 0 Å². The topological polar surface area (TPSA) is 35.5 Å². The molecule has 1 aliphatic heterocycles. The molecule has 0 bridgehead atoms. The Hall–Kier alpha value is -0.610. The summed E-state index contributed by atoms with van der Waals surface area (Å²) in [6, 6.07) is 9.29. The lowest BCUT2D eigenvalue weighted by Crippen LogP contribution is -2.45. The van der Waals surface area contributed by atoms with Crippen LogP contribution in [0.4, 0.5) is 0 Å². The van der Waals surface area contributed by atoms with Crippen molar-refractivity contribution in [2.45, 2.75) is 51.2 Å². The van der Waals surface area contributed by atoms with Crippen molar-refractivity contribution >= 4 is 11.6 Å². The molecule has 118 valence electrons. The molecule has 0 aromatic heterocycles. The summed E-state index contributed by atoms with van der Waals surface area (Å²) in [7, 11) is 0. The number of nitrogens with zero attached hydrogens (tertiary/aromatic N) is 1. The molecule has 4 heteroatoms. The molecular formula is C17H27ClN2O. The van der Waals surface area contributed by atoms with Crippen molar-refractivity contribution in [1.82, 2.24) is 10.2 Å². The number of benzene rings is 1. The Labute approximate surface area is 133 Å². The number of likely N-dealkylation sites (tertiary alicyclic amines) is 1. The largest absolute Gasteiger partial charge is 0.396 e. The third-order valence-electron chi connectivity index (χ3n) is 4.22. The minimum Gasteiger partial charge on any atom is -0.396 e. The third kappa shape index (κ3) is 5.95. The average Bonchev–Trinajstić information content (AvgIpc) is 2.49. The summed E-state index contributed by atoms with van der Waals surface area (Å²) in [5.74, 6) is 0. The van der Waals surface area contributed by atoms with Crippen LogP contribution in [0.25, 0.3) is 0 Å².